The minimum atomic E-state index is -0.622. The first kappa shape index (κ1) is 37.1. The summed E-state index contributed by atoms with van der Waals surface area (Å²) >= 11 is 0. The van der Waals surface area contributed by atoms with Gasteiger partial charge in [-0.25, -0.2) is 0 Å². The van der Waals surface area contributed by atoms with Crippen LogP contribution < -0.4 is 0 Å². The summed E-state index contributed by atoms with van der Waals surface area (Å²) in [6.45, 7) is 12.3. The monoisotopic (exact) mass is 512 g/mol. The minimum absolute atomic E-state index is 0.0280. The van der Waals surface area contributed by atoms with Crippen LogP contribution in [0.25, 0.3) is 0 Å². The predicted octanol–water partition coefficient (Wildman–Crippen LogP) is 10.5. The lowest BCUT2D eigenvalue weighted by molar-refractivity contribution is -0.147. The summed E-state index contributed by atoms with van der Waals surface area (Å²) in [5, 5.41) is 9.04. The number of ether oxygens (including phenoxy) is 1. The molecule has 1 atom stereocenters. The average Bonchev–Trinajstić information content (AvgIpc) is 2.81. The first-order valence-corrected chi connectivity index (χ1v) is 15.7. The van der Waals surface area contributed by atoms with E-state index in [2.05, 4.69) is 13.8 Å². The fourth-order valence-corrected chi connectivity index (χ4v) is 4.50. The number of carboxylic acids is 1. The number of hydrogen-bond acceptors (Lipinski definition) is 3. The minimum Gasteiger partial charge on any atom is -0.481 e. The molecule has 0 saturated heterocycles. The molecule has 0 saturated carbocycles. The SMILES string of the molecule is CCCCCCCCCCC(C(=O)O)C(C)C.CCCCCCCCCCCCCC(=O)OC(C)C. The average molecular weight is 513 g/mol. The van der Waals surface area contributed by atoms with Gasteiger partial charge < -0.3 is 9.84 Å². The standard InChI is InChI=1S/C17H34O2.C15H30O2/c1-4-5-6-7-8-9-10-11-12-13-14-15-17(18)19-16(2)3;1-4-5-6-7-8-9-10-11-12-14(13(2)3)15(16)17/h16H,4-15H2,1-3H3;13-14H,4-12H2,1-3H3,(H,16,17). The van der Waals surface area contributed by atoms with E-state index in [9.17, 15) is 9.59 Å². The van der Waals surface area contributed by atoms with Crippen LogP contribution in [0.2, 0.25) is 0 Å². The highest BCUT2D eigenvalue weighted by Crippen LogP contribution is 2.20. The summed E-state index contributed by atoms with van der Waals surface area (Å²) in [6.07, 6.45) is 26.2. The smallest absolute Gasteiger partial charge is 0.306 e. The van der Waals surface area contributed by atoms with Gasteiger partial charge in [-0.15, -0.1) is 0 Å². The quantitative estimate of drug-likeness (QED) is 0.103. The van der Waals surface area contributed by atoms with Gasteiger partial charge in [-0.05, 0) is 32.6 Å². The first-order chi connectivity index (χ1) is 17.3. The molecule has 0 bridgehead atoms. The van der Waals surface area contributed by atoms with Gasteiger partial charge in [0, 0.05) is 6.42 Å². The molecule has 0 fully saturated rings. The molecule has 216 valence electrons. The van der Waals surface area contributed by atoms with E-state index in [1.54, 1.807) is 0 Å². The number of unbranched alkanes of at least 4 members (excludes halogenated alkanes) is 17. The van der Waals surface area contributed by atoms with Gasteiger partial charge >= 0.3 is 11.9 Å². The Balaban J connectivity index is 0. The highest BCUT2D eigenvalue weighted by Gasteiger charge is 2.20. The van der Waals surface area contributed by atoms with Crippen molar-refractivity contribution in [2.75, 3.05) is 0 Å². The molecule has 0 rings (SSSR count). The Bertz CT molecular complexity index is 473. The number of carbonyl (C=O) groups is 2. The summed E-state index contributed by atoms with van der Waals surface area (Å²) < 4.78 is 5.10. The third kappa shape index (κ3) is 29.2. The Hall–Kier alpha value is -1.06. The van der Waals surface area contributed by atoms with E-state index >= 15 is 0 Å². The molecular weight excluding hydrogens is 448 g/mol. The molecule has 0 aromatic carbocycles. The molecule has 0 aliphatic rings. The molecule has 36 heavy (non-hydrogen) atoms. The van der Waals surface area contributed by atoms with Gasteiger partial charge in [0.05, 0.1) is 12.0 Å². The van der Waals surface area contributed by atoms with Crippen molar-refractivity contribution in [3.05, 3.63) is 0 Å². The Morgan fingerprint density at radius 3 is 1.28 bits per heavy atom. The van der Waals surface area contributed by atoms with Crippen molar-refractivity contribution in [1.82, 2.24) is 0 Å². The number of hydrogen-bond donors (Lipinski definition) is 1. The van der Waals surface area contributed by atoms with E-state index in [0.717, 1.165) is 19.3 Å². The van der Waals surface area contributed by atoms with Crippen LogP contribution in [0.3, 0.4) is 0 Å². The van der Waals surface area contributed by atoms with Crippen LogP contribution in [-0.2, 0) is 14.3 Å². The van der Waals surface area contributed by atoms with E-state index in [-0.39, 0.29) is 23.9 Å². The Kier molecular flexibility index (Phi) is 29.4. The lowest BCUT2D eigenvalue weighted by Gasteiger charge is -2.15. The van der Waals surface area contributed by atoms with E-state index in [1.165, 1.54) is 109 Å². The number of aliphatic carboxylic acids is 1. The zero-order valence-electron chi connectivity index (χ0n) is 25.3. The molecule has 0 aromatic rings. The molecule has 0 amide bonds. The molecule has 4 nitrogen and oxygen atoms in total. The molecule has 0 spiro atoms. The first-order valence-electron chi connectivity index (χ1n) is 15.7. The second-order valence-electron chi connectivity index (χ2n) is 11.3. The van der Waals surface area contributed by atoms with Crippen molar-refractivity contribution in [3.63, 3.8) is 0 Å². The molecule has 4 heteroatoms. The predicted molar refractivity (Wildman–Crippen MR) is 155 cm³/mol. The Labute approximate surface area is 225 Å². The van der Waals surface area contributed by atoms with Crippen molar-refractivity contribution >= 4 is 11.9 Å². The van der Waals surface area contributed by atoms with Gasteiger partial charge in [0.15, 0.2) is 0 Å². The van der Waals surface area contributed by atoms with Crippen LogP contribution in [0.4, 0.5) is 0 Å². The molecular formula is C32H64O4. The Morgan fingerprint density at radius 2 is 0.944 bits per heavy atom. The van der Waals surface area contributed by atoms with Gasteiger partial charge in [0.25, 0.3) is 0 Å². The summed E-state index contributed by atoms with van der Waals surface area (Å²) in [6, 6.07) is 0. The van der Waals surface area contributed by atoms with Crippen molar-refractivity contribution in [3.8, 4) is 0 Å². The number of esters is 1. The number of carbonyl (C=O) groups excluding carboxylic acids is 1. The van der Waals surface area contributed by atoms with Gasteiger partial charge in [0.1, 0.15) is 0 Å². The lowest BCUT2D eigenvalue weighted by atomic mass is 9.90. The number of carboxylic acid groups (broad SMARTS) is 1. The third-order valence-electron chi connectivity index (χ3n) is 6.84. The molecule has 1 N–H and O–H groups in total. The van der Waals surface area contributed by atoms with Crippen LogP contribution >= 0.6 is 0 Å². The van der Waals surface area contributed by atoms with Gasteiger partial charge in [0.2, 0.25) is 0 Å². The zero-order chi connectivity index (χ0) is 27.4. The second kappa shape index (κ2) is 28.5. The molecule has 0 aromatic heterocycles. The van der Waals surface area contributed by atoms with E-state index in [4.69, 9.17) is 9.84 Å². The summed E-state index contributed by atoms with van der Waals surface area (Å²) in [7, 11) is 0. The highest BCUT2D eigenvalue weighted by atomic mass is 16.5. The van der Waals surface area contributed by atoms with Crippen LogP contribution in [0.15, 0.2) is 0 Å². The Morgan fingerprint density at radius 1 is 0.583 bits per heavy atom. The zero-order valence-corrected chi connectivity index (χ0v) is 25.3. The van der Waals surface area contributed by atoms with Crippen LogP contribution in [0, 0.1) is 11.8 Å². The molecule has 0 heterocycles. The van der Waals surface area contributed by atoms with E-state index in [1.807, 2.05) is 27.7 Å². The fourth-order valence-electron chi connectivity index (χ4n) is 4.50. The maximum atomic E-state index is 11.3. The summed E-state index contributed by atoms with van der Waals surface area (Å²) in [5.74, 6) is -0.541. The largest absolute Gasteiger partial charge is 0.481 e. The van der Waals surface area contributed by atoms with Gasteiger partial charge in [-0.2, -0.15) is 0 Å². The molecule has 1 unspecified atom stereocenters. The van der Waals surface area contributed by atoms with Crippen LogP contribution in [0.1, 0.15) is 176 Å². The van der Waals surface area contributed by atoms with Crippen molar-refractivity contribution in [1.29, 1.82) is 0 Å². The summed E-state index contributed by atoms with van der Waals surface area (Å²) in [5.41, 5.74) is 0. The molecule has 0 aliphatic heterocycles. The maximum absolute atomic E-state index is 11.3. The maximum Gasteiger partial charge on any atom is 0.306 e. The lowest BCUT2D eigenvalue weighted by Crippen LogP contribution is -2.19. The van der Waals surface area contributed by atoms with Crippen molar-refractivity contribution in [2.45, 2.75) is 182 Å². The third-order valence-corrected chi connectivity index (χ3v) is 6.84. The van der Waals surface area contributed by atoms with Crippen molar-refractivity contribution in [2.24, 2.45) is 11.8 Å². The van der Waals surface area contributed by atoms with E-state index < -0.39 is 5.97 Å². The van der Waals surface area contributed by atoms with Crippen LogP contribution in [-0.4, -0.2) is 23.1 Å². The van der Waals surface area contributed by atoms with Crippen molar-refractivity contribution < 1.29 is 19.4 Å². The highest BCUT2D eigenvalue weighted by molar-refractivity contribution is 5.70. The van der Waals surface area contributed by atoms with Gasteiger partial charge in [-0.3, -0.25) is 9.59 Å². The van der Waals surface area contributed by atoms with Gasteiger partial charge in [-0.1, -0.05) is 143 Å². The molecule has 0 aliphatic carbocycles. The number of rotatable bonds is 24. The van der Waals surface area contributed by atoms with E-state index in [0.29, 0.717) is 6.42 Å². The topological polar surface area (TPSA) is 63.6 Å². The normalized spacial score (nSPS) is 11.9. The molecule has 0 radical (unpaired) electrons. The summed E-state index contributed by atoms with van der Waals surface area (Å²) in [4.78, 5) is 22.3. The fraction of sp³-hybridized carbons (Fsp3) is 0.938. The second-order valence-corrected chi connectivity index (χ2v) is 11.3. The van der Waals surface area contributed by atoms with Crippen LogP contribution in [0.5, 0.6) is 0 Å².